The van der Waals surface area contributed by atoms with E-state index in [2.05, 4.69) is 17.1 Å². The average molecular weight is 289 g/mol. The third-order valence-electron chi connectivity index (χ3n) is 4.43. The van der Waals surface area contributed by atoms with Crippen LogP contribution in [0, 0.1) is 5.82 Å². The molecule has 0 spiro atoms. The number of benzene rings is 1. The van der Waals surface area contributed by atoms with Crippen LogP contribution in [0.25, 0.3) is 0 Å². The molecule has 0 aromatic heterocycles. The average Bonchev–Trinajstić information content (AvgIpc) is 3.01. The van der Waals surface area contributed by atoms with Gasteiger partial charge in [-0.15, -0.1) is 0 Å². The van der Waals surface area contributed by atoms with E-state index in [1.165, 1.54) is 31.7 Å². The SMILES string of the molecule is Fc1cccc(CN(CC2CCCO2)C2C=CCCC2)c1. The van der Waals surface area contributed by atoms with E-state index in [1.807, 2.05) is 6.07 Å². The van der Waals surface area contributed by atoms with Gasteiger partial charge in [0, 0.05) is 25.7 Å². The van der Waals surface area contributed by atoms with Gasteiger partial charge >= 0.3 is 0 Å². The van der Waals surface area contributed by atoms with Crippen molar-refractivity contribution in [1.29, 1.82) is 0 Å². The molecule has 114 valence electrons. The van der Waals surface area contributed by atoms with Gasteiger partial charge in [0.05, 0.1) is 6.10 Å². The van der Waals surface area contributed by atoms with Crippen molar-refractivity contribution in [3.8, 4) is 0 Å². The standard InChI is InChI=1S/C18H24FNO/c19-16-7-4-6-15(12-16)13-20(14-18-10-5-11-21-18)17-8-2-1-3-9-17/h2,4,6-8,12,17-18H,1,3,5,9-11,13-14H2. The van der Waals surface area contributed by atoms with E-state index in [0.29, 0.717) is 12.1 Å². The Balaban J connectivity index is 1.70. The Bertz CT molecular complexity index is 482. The van der Waals surface area contributed by atoms with Crippen LogP contribution in [0.5, 0.6) is 0 Å². The minimum absolute atomic E-state index is 0.149. The molecule has 2 aliphatic rings. The number of nitrogens with zero attached hydrogens (tertiary/aromatic N) is 1. The molecule has 0 bridgehead atoms. The van der Waals surface area contributed by atoms with Crippen LogP contribution in [-0.2, 0) is 11.3 Å². The summed E-state index contributed by atoms with van der Waals surface area (Å²) in [5.74, 6) is -0.149. The third kappa shape index (κ3) is 4.14. The molecule has 3 rings (SSSR count). The number of hydrogen-bond acceptors (Lipinski definition) is 2. The first-order valence-corrected chi connectivity index (χ1v) is 8.08. The Morgan fingerprint density at radius 1 is 1.24 bits per heavy atom. The van der Waals surface area contributed by atoms with Gasteiger partial charge in [-0.1, -0.05) is 24.3 Å². The third-order valence-corrected chi connectivity index (χ3v) is 4.43. The first kappa shape index (κ1) is 14.7. The van der Waals surface area contributed by atoms with Crippen molar-refractivity contribution in [2.45, 2.75) is 50.8 Å². The van der Waals surface area contributed by atoms with Gasteiger partial charge in [0.2, 0.25) is 0 Å². The molecule has 0 N–H and O–H groups in total. The summed E-state index contributed by atoms with van der Waals surface area (Å²) in [5.41, 5.74) is 1.05. The Labute approximate surface area is 126 Å². The Hall–Kier alpha value is -1.19. The molecule has 2 unspecified atom stereocenters. The molecule has 0 radical (unpaired) electrons. The molecule has 3 heteroatoms. The maximum Gasteiger partial charge on any atom is 0.123 e. The molecule has 1 aliphatic carbocycles. The Morgan fingerprint density at radius 2 is 2.19 bits per heavy atom. The lowest BCUT2D eigenvalue weighted by Gasteiger charge is -2.33. The van der Waals surface area contributed by atoms with Crippen molar-refractivity contribution in [2.24, 2.45) is 0 Å². The van der Waals surface area contributed by atoms with Crippen molar-refractivity contribution in [3.05, 3.63) is 47.8 Å². The van der Waals surface area contributed by atoms with E-state index in [-0.39, 0.29) is 5.82 Å². The maximum absolute atomic E-state index is 13.4. The van der Waals surface area contributed by atoms with Gasteiger partial charge in [0.25, 0.3) is 0 Å². The monoisotopic (exact) mass is 289 g/mol. The van der Waals surface area contributed by atoms with Gasteiger partial charge in [-0.3, -0.25) is 4.90 Å². The van der Waals surface area contributed by atoms with Gasteiger partial charge in [-0.25, -0.2) is 4.39 Å². The second kappa shape index (κ2) is 7.19. The number of hydrogen-bond donors (Lipinski definition) is 0. The van der Waals surface area contributed by atoms with E-state index in [4.69, 9.17) is 4.74 Å². The molecular weight excluding hydrogens is 265 g/mol. The molecule has 21 heavy (non-hydrogen) atoms. The van der Waals surface area contributed by atoms with Crippen molar-refractivity contribution < 1.29 is 9.13 Å². The van der Waals surface area contributed by atoms with Crippen LogP contribution < -0.4 is 0 Å². The highest BCUT2D eigenvalue weighted by atomic mass is 19.1. The molecule has 1 saturated heterocycles. The van der Waals surface area contributed by atoms with Gasteiger partial charge < -0.3 is 4.74 Å². The molecule has 1 heterocycles. The highest BCUT2D eigenvalue weighted by Gasteiger charge is 2.24. The predicted octanol–water partition coefficient (Wildman–Crippen LogP) is 3.92. The van der Waals surface area contributed by atoms with Crippen LogP contribution in [0.4, 0.5) is 4.39 Å². The fraction of sp³-hybridized carbons (Fsp3) is 0.556. The highest BCUT2D eigenvalue weighted by molar-refractivity contribution is 5.17. The molecule has 1 aromatic carbocycles. The van der Waals surface area contributed by atoms with E-state index >= 15 is 0 Å². The predicted molar refractivity (Wildman–Crippen MR) is 82.6 cm³/mol. The Morgan fingerprint density at radius 3 is 2.90 bits per heavy atom. The minimum Gasteiger partial charge on any atom is -0.377 e. The molecule has 2 nitrogen and oxygen atoms in total. The topological polar surface area (TPSA) is 12.5 Å². The molecule has 1 aliphatic heterocycles. The summed E-state index contributed by atoms with van der Waals surface area (Å²) in [6.07, 6.45) is 10.9. The van der Waals surface area contributed by atoms with Crippen molar-refractivity contribution >= 4 is 0 Å². The number of ether oxygens (including phenoxy) is 1. The number of rotatable bonds is 5. The zero-order chi connectivity index (χ0) is 14.5. The fourth-order valence-corrected chi connectivity index (χ4v) is 3.34. The van der Waals surface area contributed by atoms with Crippen LogP contribution in [0.15, 0.2) is 36.4 Å². The largest absolute Gasteiger partial charge is 0.377 e. The smallest absolute Gasteiger partial charge is 0.123 e. The molecular formula is C18H24FNO. The van der Waals surface area contributed by atoms with E-state index < -0.39 is 0 Å². The lowest BCUT2D eigenvalue weighted by atomic mass is 10.00. The van der Waals surface area contributed by atoms with Crippen LogP contribution in [0.3, 0.4) is 0 Å². The summed E-state index contributed by atoms with van der Waals surface area (Å²) in [6, 6.07) is 7.43. The van der Waals surface area contributed by atoms with Crippen molar-refractivity contribution in [1.82, 2.24) is 4.90 Å². The maximum atomic E-state index is 13.4. The van der Waals surface area contributed by atoms with Crippen LogP contribution in [0.2, 0.25) is 0 Å². The van der Waals surface area contributed by atoms with E-state index in [0.717, 1.165) is 31.7 Å². The summed E-state index contributed by atoms with van der Waals surface area (Å²) >= 11 is 0. The zero-order valence-electron chi connectivity index (χ0n) is 12.5. The summed E-state index contributed by atoms with van der Waals surface area (Å²) in [4.78, 5) is 2.46. The summed E-state index contributed by atoms with van der Waals surface area (Å²) in [6.45, 7) is 2.64. The first-order chi connectivity index (χ1) is 10.3. The lowest BCUT2D eigenvalue weighted by molar-refractivity contribution is 0.0586. The quantitative estimate of drug-likeness (QED) is 0.762. The van der Waals surface area contributed by atoms with Crippen molar-refractivity contribution in [2.75, 3.05) is 13.2 Å². The van der Waals surface area contributed by atoms with Crippen LogP contribution in [-0.4, -0.2) is 30.2 Å². The fourth-order valence-electron chi connectivity index (χ4n) is 3.34. The van der Waals surface area contributed by atoms with Crippen LogP contribution >= 0.6 is 0 Å². The molecule has 2 atom stereocenters. The number of halogens is 1. The van der Waals surface area contributed by atoms with Gasteiger partial charge in [0.1, 0.15) is 5.82 Å². The first-order valence-electron chi connectivity index (χ1n) is 8.08. The number of allylic oxidation sites excluding steroid dienone is 1. The summed E-state index contributed by atoms with van der Waals surface area (Å²) < 4.78 is 19.2. The lowest BCUT2D eigenvalue weighted by Crippen LogP contribution is -2.39. The van der Waals surface area contributed by atoms with Crippen LogP contribution in [0.1, 0.15) is 37.7 Å². The molecule has 1 aromatic rings. The van der Waals surface area contributed by atoms with Gasteiger partial charge in [-0.05, 0) is 49.8 Å². The second-order valence-electron chi connectivity index (χ2n) is 6.12. The normalized spacial score (nSPS) is 25.6. The summed E-state index contributed by atoms with van der Waals surface area (Å²) in [7, 11) is 0. The van der Waals surface area contributed by atoms with Crippen molar-refractivity contribution in [3.63, 3.8) is 0 Å². The van der Waals surface area contributed by atoms with Gasteiger partial charge in [0.15, 0.2) is 0 Å². The molecule has 1 fully saturated rings. The molecule has 0 amide bonds. The van der Waals surface area contributed by atoms with E-state index in [1.54, 1.807) is 12.1 Å². The molecule has 0 saturated carbocycles. The Kier molecular flexibility index (Phi) is 5.04. The second-order valence-corrected chi connectivity index (χ2v) is 6.12. The minimum atomic E-state index is -0.149. The highest BCUT2D eigenvalue weighted by Crippen LogP contribution is 2.22. The zero-order valence-corrected chi connectivity index (χ0v) is 12.5. The van der Waals surface area contributed by atoms with E-state index in [9.17, 15) is 4.39 Å². The summed E-state index contributed by atoms with van der Waals surface area (Å²) in [5, 5.41) is 0. The van der Waals surface area contributed by atoms with Gasteiger partial charge in [-0.2, -0.15) is 0 Å².